The number of aliphatic hydroxyl groups is 1. The van der Waals surface area contributed by atoms with E-state index in [1.165, 1.54) is 18.4 Å². The number of hydrogen-bond acceptors (Lipinski definition) is 2. The van der Waals surface area contributed by atoms with Crippen LogP contribution in [0.1, 0.15) is 46.0 Å². The van der Waals surface area contributed by atoms with Gasteiger partial charge >= 0.3 is 0 Å². The highest BCUT2D eigenvalue weighted by molar-refractivity contribution is 5.06. The van der Waals surface area contributed by atoms with Crippen LogP contribution in [0.4, 0.5) is 0 Å². The summed E-state index contributed by atoms with van der Waals surface area (Å²) >= 11 is 0. The zero-order valence-electron chi connectivity index (χ0n) is 9.12. The molecule has 1 unspecified atom stereocenters. The van der Waals surface area contributed by atoms with Gasteiger partial charge in [0, 0.05) is 6.42 Å². The molecule has 2 aliphatic rings. The lowest BCUT2D eigenvalue weighted by Gasteiger charge is -2.35. The quantitative estimate of drug-likeness (QED) is 0.653. The summed E-state index contributed by atoms with van der Waals surface area (Å²) in [6.07, 6.45) is 7.14. The smallest absolute Gasteiger partial charge is 0.155 e. The Balaban J connectivity index is 2.02. The van der Waals surface area contributed by atoms with Crippen molar-refractivity contribution in [3.63, 3.8) is 0 Å². The minimum Gasteiger partial charge on any atom is -0.368 e. The van der Waals surface area contributed by atoms with Crippen molar-refractivity contribution in [2.24, 2.45) is 5.92 Å². The predicted molar refractivity (Wildman–Crippen MR) is 55.8 cm³/mol. The fraction of sp³-hybridized carbons (Fsp3) is 0.833. The summed E-state index contributed by atoms with van der Waals surface area (Å²) in [5.41, 5.74) is 1.43. The molecule has 0 bridgehead atoms. The lowest BCUT2D eigenvalue weighted by molar-refractivity contribution is -0.151. The Labute approximate surface area is 86.0 Å². The van der Waals surface area contributed by atoms with Crippen molar-refractivity contribution in [2.45, 2.75) is 57.8 Å². The Bertz CT molecular complexity index is 247. The van der Waals surface area contributed by atoms with E-state index in [9.17, 15) is 5.11 Å². The fourth-order valence-corrected chi connectivity index (χ4v) is 2.66. The summed E-state index contributed by atoms with van der Waals surface area (Å²) in [5.74, 6) is 0.600. The van der Waals surface area contributed by atoms with Crippen molar-refractivity contribution in [3.8, 4) is 0 Å². The summed E-state index contributed by atoms with van der Waals surface area (Å²) < 4.78 is 5.65. The lowest BCUT2D eigenvalue weighted by atomic mass is 9.77. The molecule has 1 fully saturated rings. The average Bonchev–Trinajstić information content (AvgIpc) is 2.48. The molecule has 1 N–H and O–H groups in total. The van der Waals surface area contributed by atoms with Crippen LogP contribution in [0.3, 0.4) is 0 Å². The predicted octanol–water partition coefficient (Wildman–Crippen LogP) is 2.62. The van der Waals surface area contributed by atoms with E-state index in [2.05, 4.69) is 19.9 Å². The molecule has 1 aliphatic heterocycles. The van der Waals surface area contributed by atoms with Crippen LogP contribution in [0.2, 0.25) is 0 Å². The highest BCUT2D eigenvalue weighted by atomic mass is 16.6. The largest absolute Gasteiger partial charge is 0.368 e. The van der Waals surface area contributed by atoms with Crippen LogP contribution >= 0.6 is 0 Å². The Morgan fingerprint density at radius 2 is 2.29 bits per heavy atom. The summed E-state index contributed by atoms with van der Waals surface area (Å²) in [6, 6.07) is 0. The molecule has 14 heavy (non-hydrogen) atoms. The van der Waals surface area contributed by atoms with E-state index in [-0.39, 0.29) is 5.60 Å². The van der Waals surface area contributed by atoms with Crippen LogP contribution in [0.25, 0.3) is 0 Å². The minimum absolute atomic E-state index is 0.0728. The van der Waals surface area contributed by atoms with Crippen LogP contribution in [0.15, 0.2) is 11.6 Å². The molecule has 1 saturated heterocycles. The van der Waals surface area contributed by atoms with Crippen molar-refractivity contribution in [1.29, 1.82) is 0 Å². The third kappa shape index (κ3) is 1.86. The summed E-state index contributed by atoms with van der Waals surface area (Å²) in [4.78, 5) is 0. The number of allylic oxidation sites excluding steroid dienone is 2. The number of hydrogen-bond donors (Lipinski definition) is 1. The Morgan fingerprint density at radius 3 is 2.79 bits per heavy atom. The molecular weight excluding hydrogens is 176 g/mol. The van der Waals surface area contributed by atoms with Gasteiger partial charge in [-0.25, -0.2) is 0 Å². The molecule has 2 rings (SSSR count). The molecule has 1 aliphatic carbocycles. The highest BCUT2D eigenvalue weighted by Gasteiger charge is 2.41. The Hall–Kier alpha value is -0.340. The summed E-state index contributed by atoms with van der Waals surface area (Å²) in [7, 11) is 0. The monoisotopic (exact) mass is 196 g/mol. The molecule has 0 aromatic rings. The second kappa shape index (κ2) is 3.67. The van der Waals surface area contributed by atoms with Gasteiger partial charge in [-0.3, -0.25) is 0 Å². The van der Waals surface area contributed by atoms with Gasteiger partial charge in [-0.2, -0.15) is 0 Å². The fourth-order valence-electron chi connectivity index (χ4n) is 2.66. The molecule has 80 valence electrons. The number of ether oxygens (including phenoxy) is 1. The SMILES string of the molecule is CC1=CC[C@@H]([C@]2(C)CCC(O)O2)CC1. The van der Waals surface area contributed by atoms with E-state index in [1.807, 2.05) is 0 Å². The number of rotatable bonds is 1. The molecule has 0 amide bonds. The molecular formula is C12H20O2. The first-order valence-electron chi connectivity index (χ1n) is 5.62. The Morgan fingerprint density at radius 1 is 1.50 bits per heavy atom. The van der Waals surface area contributed by atoms with Crippen molar-refractivity contribution >= 4 is 0 Å². The standard InChI is InChI=1S/C12H20O2/c1-9-3-5-10(6-4-9)12(2)8-7-11(13)14-12/h3,10-11,13H,4-8H2,1-2H3/t10-,11?,12+/m1/s1. The first kappa shape index (κ1) is 10.2. The lowest BCUT2D eigenvalue weighted by Crippen LogP contribution is -2.35. The maximum absolute atomic E-state index is 9.41. The molecule has 3 atom stereocenters. The summed E-state index contributed by atoms with van der Waals surface area (Å²) in [5, 5.41) is 9.41. The van der Waals surface area contributed by atoms with Gasteiger partial charge in [-0.1, -0.05) is 11.6 Å². The van der Waals surface area contributed by atoms with Crippen molar-refractivity contribution < 1.29 is 9.84 Å². The second-order valence-corrected chi connectivity index (χ2v) is 4.95. The van der Waals surface area contributed by atoms with E-state index in [0.717, 1.165) is 19.3 Å². The molecule has 0 aromatic carbocycles. The molecule has 0 spiro atoms. The van der Waals surface area contributed by atoms with Gasteiger partial charge in [-0.05, 0) is 45.4 Å². The third-order valence-corrected chi connectivity index (χ3v) is 3.79. The van der Waals surface area contributed by atoms with Gasteiger partial charge < -0.3 is 9.84 Å². The second-order valence-electron chi connectivity index (χ2n) is 4.95. The van der Waals surface area contributed by atoms with E-state index in [0.29, 0.717) is 5.92 Å². The maximum Gasteiger partial charge on any atom is 0.155 e. The van der Waals surface area contributed by atoms with Gasteiger partial charge in [0.1, 0.15) is 0 Å². The molecule has 2 nitrogen and oxygen atoms in total. The van der Waals surface area contributed by atoms with Crippen LogP contribution in [-0.4, -0.2) is 17.0 Å². The number of aliphatic hydroxyl groups excluding tert-OH is 1. The van der Waals surface area contributed by atoms with Crippen LogP contribution in [-0.2, 0) is 4.74 Å². The van der Waals surface area contributed by atoms with E-state index in [4.69, 9.17) is 4.74 Å². The van der Waals surface area contributed by atoms with E-state index < -0.39 is 6.29 Å². The van der Waals surface area contributed by atoms with Gasteiger partial charge in [-0.15, -0.1) is 0 Å². The first-order valence-corrected chi connectivity index (χ1v) is 5.62. The molecule has 1 heterocycles. The van der Waals surface area contributed by atoms with E-state index >= 15 is 0 Å². The average molecular weight is 196 g/mol. The Kier molecular flexibility index (Phi) is 2.67. The first-order chi connectivity index (χ1) is 6.60. The van der Waals surface area contributed by atoms with Gasteiger partial charge in [0.05, 0.1) is 5.60 Å². The van der Waals surface area contributed by atoms with Crippen LogP contribution in [0, 0.1) is 5.92 Å². The van der Waals surface area contributed by atoms with E-state index in [1.54, 1.807) is 0 Å². The van der Waals surface area contributed by atoms with Crippen molar-refractivity contribution in [1.82, 2.24) is 0 Å². The zero-order valence-corrected chi connectivity index (χ0v) is 9.12. The zero-order chi connectivity index (χ0) is 10.2. The molecule has 0 aromatic heterocycles. The highest BCUT2D eigenvalue weighted by Crippen LogP contribution is 2.41. The van der Waals surface area contributed by atoms with Gasteiger partial charge in [0.25, 0.3) is 0 Å². The normalized spacial score (nSPS) is 43.8. The topological polar surface area (TPSA) is 29.5 Å². The molecule has 0 radical (unpaired) electrons. The van der Waals surface area contributed by atoms with Crippen molar-refractivity contribution in [2.75, 3.05) is 0 Å². The van der Waals surface area contributed by atoms with Crippen LogP contribution in [0.5, 0.6) is 0 Å². The van der Waals surface area contributed by atoms with Gasteiger partial charge in [0.2, 0.25) is 0 Å². The van der Waals surface area contributed by atoms with Gasteiger partial charge in [0.15, 0.2) is 6.29 Å². The molecule has 2 heteroatoms. The minimum atomic E-state index is -0.521. The molecule has 0 saturated carbocycles. The summed E-state index contributed by atoms with van der Waals surface area (Å²) in [6.45, 7) is 4.35. The van der Waals surface area contributed by atoms with Crippen molar-refractivity contribution in [3.05, 3.63) is 11.6 Å². The maximum atomic E-state index is 9.41. The van der Waals surface area contributed by atoms with Crippen LogP contribution < -0.4 is 0 Å². The third-order valence-electron chi connectivity index (χ3n) is 3.79.